The molecule has 0 bridgehead atoms. The summed E-state index contributed by atoms with van der Waals surface area (Å²) >= 11 is 0. The Labute approximate surface area is 358 Å². The third-order valence-corrected chi connectivity index (χ3v) is 10.9. The van der Waals surface area contributed by atoms with Crippen LogP contribution in [-0.4, -0.2) is 46.9 Å². The molecule has 0 aliphatic rings. The largest absolute Gasteiger partial charge is 0.462 e. The molecule has 3 unspecified atom stereocenters. The molecule has 3 N–H and O–H groups in total. The summed E-state index contributed by atoms with van der Waals surface area (Å²) in [5.74, 6) is -0.529. The average Bonchev–Trinajstić information content (AvgIpc) is 3.22. The Bertz CT molecular complexity index is 1050. The van der Waals surface area contributed by atoms with Gasteiger partial charge in [-0.2, -0.15) is 0 Å². The smallest absolute Gasteiger partial charge is 0.306 e. The van der Waals surface area contributed by atoms with Gasteiger partial charge in [0.25, 0.3) is 0 Å². The number of amides is 1. The maximum absolute atomic E-state index is 13.1. The van der Waals surface area contributed by atoms with Crippen LogP contribution in [0, 0.1) is 0 Å². The Morgan fingerprint density at radius 3 is 1.38 bits per heavy atom. The molecule has 0 saturated carbocycles. The Kier molecular flexibility index (Phi) is 43.7. The molecule has 0 spiro atoms. The van der Waals surface area contributed by atoms with Crippen LogP contribution in [-0.2, 0) is 14.3 Å². The van der Waals surface area contributed by atoms with Gasteiger partial charge in [-0.15, -0.1) is 0 Å². The van der Waals surface area contributed by atoms with E-state index in [1.165, 1.54) is 103 Å². The lowest BCUT2D eigenvalue weighted by Crippen LogP contribution is -2.46. The predicted octanol–water partition coefficient (Wildman–Crippen LogP) is 14.5. The fourth-order valence-corrected chi connectivity index (χ4v) is 7.17. The van der Waals surface area contributed by atoms with E-state index in [4.69, 9.17) is 4.74 Å². The van der Waals surface area contributed by atoms with Crippen LogP contribution in [0.5, 0.6) is 0 Å². The van der Waals surface area contributed by atoms with Crippen LogP contribution in [0.2, 0.25) is 0 Å². The molecule has 58 heavy (non-hydrogen) atoms. The van der Waals surface area contributed by atoms with Crippen molar-refractivity contribution in [3.63, 3.8) is 0 Å². The van der Waals surface area contributed by atoms with Crippen molar-refractivity contribution >= 4 is 11.9 Å². The zero-order valence-electron chi connectivity index (χ0n) is 38.2. The Morgan fingerprint density at radius 1 is 0.517 bits per heavy atom. The number of esters is 1. The molecule has 0 aliphatic carbocycles. The molecule has 0 aromatic heterocycles. The predicted molar refractivity (Wildman–Crippen MR) is 250 cm³/mol. The molecule has 3 atom stereocenters. The van der Waals surface area contributed by atoms with Gasteiger partial charge in [0.15, 0.2) is 0 Å². The van der Waals surface area contributed by atoms with Crippen LogP contribution >= 0.6 is 0 Å². The highest BCUT2D eigenvalue weighted by molar-refractivity contribution is 5.77. The number of hydrogen-bond donors (Lipinski definition) is 3. The molecule has 0 radical (unpaired) electrons. The van der Waals surface area contributed by atoms with Crippen LogP contribution < -0.4 is 5.32 Å². The van der Waals surface area contributed by atoms with Gasteiger partial charge in [-0.3, -0.25) is 9.59 Å². The normalized spacial score (nSPS) is 13.8. The first-order valence-electron chi connectivity index (χ1n) is 24.5. The number of carbonyl (C=O) groups excluding carboxylic acids is 2. The molecular formula is C52H93NO5. The van der Waals surface area contributed by atoms with Gasteiger partial charge in [-0.1, -0.05) is 216 Å². The molecule has 0 fully saturated rings. The second-order valence-corrected chi connectivity index (χ2v) is 16.5. The molecule has 0 aromatic rings. The first kappa shape index (κ1) is 55.6. The molecule has 336 valence electrons. The minimum absolute atomic E-state index is 0.0390. The van der Waals surface area contributed by atoms with Gasteiger partial charge in [0, 0.05) is 6.42 Å². The topological polar surface area (TPSA) is 95.9 Å². The Hall–Kier alpha value is -2.44. The molecule has 0 rings (SSSR count). The van der Waals surface area contributed by atoms with Gasteiger partial charge in [0.05, 0.1) is 25.2 Å². The molecular weight excluding hydrogens is 719 g/mol. The van der Waals surface area contributed by atoms with Crippen molar-refractivity contribution in [1.29, 1.82) is 0 Å². The van der Waals surface area contributed by atoms with Gasteiger partial charge in [0.2, 0.25) is 5.91 Å². The van der Waals surface area contributed by atoms with Crippen molar-refractivity contribution in [2.75, 3.05) is 6.61 Å². The van der Waals surface area contributed by atoms with Gasteiger partial charge in [0.1, 0.15) is 6.10 Å². The number of ether oxygens (including phenoxy) is 1. The van der Waals surface area contributed by atoms with E-state index in [0.29, 0.717) is 19.3 Å². The van der Waals surface area contributed by atoms with Crippen molar-refractivity contribution in [1.82, 2.24) is 5.32 Å². The van der Waals surface area contributed by atoms with E-state index in [2.05, 4.69) is 86.8 Å². The number of aliphatic hydroxyl groups is 2. The van der Waals surface area contributed by atoms with Crippen LogP contribution in [0.3, 0.4) is 0 Å². The highest BCUT2D eigenvalue weighted by Crippen LogP contribution is 2.17. The van der Waals surface area contributed by atoms with Crippen LogP contribution in [0.4, 0.5) is 0 Å². The zero-order chi connectivity index (χ0) is 42.4. The fourth-order valence-electron chi connectivity index (χ4n) is 7.17. The highest BCUT2D eigenvalue weighted by Gasteiger charge is 2.24. The molecule has 6 nitrogen and oxygen atoms in total. The van der Waals surface area contributed by atoms with E-state index in [1.54, 1.807) is 0 Å². The number of hydrogen-bond acceptors (Lipinski definition) is 5. The molecule has 1 amide bonds. The number of unbranched alkanes of at least 4 members (excludes halogenated alkanes) is 21. The quantitative estimate of drug-likeness (QED) is 0.0324. The van der Waals surface area contributed by atoms with E-state index < -0.39 is 18.2 Å². The minimum Gasteiger partial charge on any atom is -0.462 e. The maximum atomic E-state index is 13.1. The minimum atomic E-state index is -0.801. The fraction of sp³-hybridized carbons (Fsp3) is 0.769. The second kappa shape index (κ2) is 45.6. The lowest BCUT2D eigenvalue weighted by atomic mass is 10.0. The first-order chi connectivity index (χ1) is 28.5. The zero-order valence-corrected chi connectivity index (χ0v) is 38.2. The SMILES string of the molecule is CC/C=C\C/C=C\C/C=C\C/C=C\C/C=C\CCCC(CC(=O)NC(CO)C(O)CCCCCCCCCCCC)OC(=O)CCCCCCCCCCCCCC. The number of allylic oxidation sites excluding steroid dienone is 10. The van der Waals surface area contributed by atoms with Crippen molar-refractivity contribution in [3.05, 3.63) is 60.8 Å². The number of nitrogens with one attached hydrogen (secondary N) is 1. The van der Waals surface area contributed by atoms with Gasteiger partial charge < -0.3 is 20.3 Å². The van der Waals surface area contributed by atoms with E-state index in [9.17, 15) is 19.8 Å². The summed E-state index contributed by atoms with van der Waals surface area (Å²) < 4.78 is 5.89. The van der Waals surface area contributed by atoms with Crippen molar-refractivity contribution < 1.29 is 24.5 Å². The summed E-state index contributed by atoms with van der Waals surface area (Å²) in [6, 6.07) is -0.718. The van der Waals surface area contributed by atoms with Crippen molar-refractivity contribution in [2.45, 2.75) is 251 Å². The maximum Gasteiger partial charge on any atom is 0.306 e. The lowest BCUT2D eigenvalue weighted by Gasteiger charge is -2.24. The molecule has 6 heteroatoms. The van der Waals surface area contributed by atoms with Crippen molar-refractivity contribution in [2.24, 2.45) is 0 Å². The number of carbonyl (C=O) groups is 2. The third-order valence-electron chi connectivity index (χ3n) is 10.9. The monoisotopic (exact) mass is 812 g/mol. The highest BCUT2D eigenvalue weighted by atomic mass is 16.5. The summed E-state index contributed by atoms with van der Waals surface area (Å²) in [5, 5.41) is 23.6. The van der Waals surface area contributed by atoms with E-state index in [-0.39, 0.29) is 24.9 Å². The number of rotatable bonds is 43. The van der Waals surface area contributed by atoms with Crippen molar-refractivity contribution in [3.8, 4) is 0 Å². The Balaban J connectivity index is 4.71. The summed E-state index contributed by atoms with van der Waals surface area (Å²) in [4.78, 5) is 26.0. The average molecular weight is 812 g/mol. The van der Waals surface area contributed by atoms with E-state index in [1.807, 2.05) is 0 Å². The summed E-state index contributed by atoms with van der Waals surface area (Å²) in [7, 11) is 0. The summed E-state index contributed by atoms with van der Waals surface area (Å²) in [6.45, 7) is 6.33. The van der Waals surface area contributed by atoms with Crippen LogP contribution in [0.25, 0.3) is 0 Å². The van der Waals surface area contributed by atoms with E-state index >= 15 is 0 Å². The van der Waals surface area contributed by atoms with Crippen LogP contribution in [0.15, 0.2) is 60.8 Å². The van der Waals surface area contributed by atoms with Gasteiger partial charge >= 0.3 is 5.97 Å². The third kappa shape index (κ3) is 40.3. The Morgan fingerprint density at radius 2 is 0.931 bits per heavy atom. The van der Waals surface area contributed by atoms with E-state index in [0.717, 1.165) is 83.5 Å². The molecule has 0 saturated heterocycles. The number of aliphatic hydroxyl groups excluding tert-OH is 2. The van der Waals surface area contributed by atoms with Crippen LogP contribution in [0.1, 0.15) is 233 Å². The van der Waals surface area contributed by atoms with Gasteiger partial charge in [-0.05, 0) is 64.2 Å². The first-order valence-corrected chi connectivity index (χ1v) is 24.5. The second-order valence-electron chi connectivity index (χ2n) is 16.5. The summed E-state index contributed by atoms with van der Waals surface area (Å²) in [5.41, 5.74) is 0. The lowest BCUT2D eigenvalue weighted by molar-refractivity contribution is -0.151. The van der Waals surface area contributed by atoms with Gasteiger partial charge in [-0.25, -0.2) is 0 Å². The standard InChI is InChI=1S/C52H93NO5/c1-4-7-10-13-16-19-22-24-25-26-27-28-29-31-34-37-40-43-48(58-52(57)45-42-39-36-33-30-23-20-17-14-11-8-5-2)46-51(56)53-49(47-54)50(55)44-41-38-35-32-21-18-15-12-9-6-3/h7,10,16,19,24-25,27-28,31,34,48-50,54-55H,4-6,8-9,11-15,17-18,20-23,26,29-30,32-33,35-47H2,1-3H3,(H,53,56)/b10-7-,19-16-,25-24-,28-27-,34-31-. The molecule has 0 aromatic carbocycles. The molecule has 0 heterocycles. The summed E-state index contributed by atoms with van der Waals surface area (Å²) in [6.07, 6.45) is 55.7. The molecule has 0 aliphatic heterocycles.